The van der Waals surface area contributed by atoms with E-state index >= 15 is 0 Å². The molecule has 0 aliphatic heterocycles. The third kappa shape index (κ3) is 2.85. The van der Waals surface area contributed by atoms with Crippen LogP contribution in [0.3, 0.4) is 0 Å². The predicted octanol–water partition coefficient (Wildman–Crippen LogP) is 4.43. The molecule has 2 aromatic rings. The Balaban J connectivity index is 2.28. The van der Waals surface area contributed by atoms with Crippen molar-refractivity contribution < 1.29 is 18.0 Å². The molecule has 0 saturated heterocycles. The molecule has 104 valence electrons. The second kappa shape index (κ2) is 5.66. The Kier molecular flexibility index (Phi) is 4.13. The van der Waals surface area contributed by atoms with Gasteiger partial charge >= 0.3 is 0 Å². The molecule has 0 bridgehead atoms. The molecule has 0 saturated carbocycles. The van der Waals surface area contributed by atoms with Crippen LogP contribution in [0, 0.1) is 24.4 Å². The lowest BCUT2D eigenvalue weighted by molar-refractivity contribution is 0.102. The van der Waals surface area contributed by atoms with Gasteiger partial charge in [0.2, 0.25) is 0 Å². The first-order valence-electron chi connectivity index (χ1n) is 5.61. The van der Waals surface area contributed by atoms with Crippen LogP contribution in [-0.2, 0) is 0 Å². The van der Waals surface area contributed by atoms with Gasteiger partial charge in [-0.15, -0.1) is 0 Å². The second-order valence-corrected chi connectivity index (χ2v) is 5.00. The van der Waals surface area contributed by atoms with Gasteiger partial charge in [-0.25, -0.2) is 13.2 Å². The van der Waals surface area contributed by atoms with Crippen LogP contribution < -0.4 is 5.32 Å². The van der Waals surface area contributed by atoms with Crippen LogP contribution >= 0.6 is 15.9 Å². The summed E-state index contributed by atoms with van der Waals surface area (Å²) in [5.74, 6) is -5.36. The van der Waals surface area contributed by atoms with Crippen LogP contribution in [0.15, 0.2) is 34.8 Å². The number of rotatable bonds is 2. The number of nitrogens with one attached hydrogen (secondary N) is 1. The Morgan fingerprint density at radius 2 is 1.80 bits per heavy atom. The van der Waals surface area contributed by atoms with Crippen LogP contribution in [0.4, 0.5) is 18.9 Å². The van der Waals surface area contributed by atoms with Crippen LogP contribution in [-0.4, -0.2) is 5.91 Å². The fraction of sp³-hybridized carbons (Fsp3) is 0.0714. The molecule has 0 atom stereocenters. The summed E-state index contributed by atoms with van der Waals surface area (Å²) in [5, 5.41) is 2.42. The van der Waals surface area contributed by atoms with Crippen LogP contribution in [0.1, 0.15) is 15.9 Å². The summed E-state index contributed by atoms with van der Waals surface area (Å²) in [6.45, 7) is 1.87. The number of carbonyl (C=O) groups is 1. The minimum Gasteiger partial charge on any atom is -0.322 e. The van der Waals surface area contributed by atoms with Gasteiger partial charge in [0.15, 0.2) is 17.5 Å². The highest BCUT2D eigenvalue weighted by atomic mass is 79.9. The van der Waals surface area contributed by atoms with Crippen LogP contribution in [0.2, 0.25) is 0 Å². The standard InChI is InChI=1S/C14H9BrF3NO/c1-7-2-3-8(6-10(7)15)19-14(20)9-4-5-11(16)13(18)12(9)17/h2-6H,1H3,(H,19,20). The van der Waals surface area contributed by atoms with E-state index in [0.717, 1.165) is 16.1 Å². The minimum atomic E-state index is -1.66. The zero-order valence-corrected chi connectivity index (χ0v) is 11.9. The second-order valence-electron chi connectivity index (χ2n) is 4.14. The summed E-state index contributed by atoms with van der Waals surface area (Å²) in [7, 11) is 0. The van der Waals surface area contributed by atoms with E-state index in [2.05, 4.69) is 21.2 Å². The highest BCUT2D eigenvalue weighted by Crippen LogP contribution is 2.22. The summed E-state index contributed by atoms with van der Waals surface area (Å²) in [5.41, 5.74) is 0.819. The normalized spacial score (nSPS) is 10.4. The Hall–Kier alpha value is -1.82. The summed E-state index contributed by atoms with van der Waals surface area (Å²) < 4.78 is 40.1. The number of aryl methyl sites for hydroxylation is 1. The van der Waals surface area contributed by atoms with E-state index < -0.39 is 28.9 Å². The van der Waals surface area contributed by atoms with Crippen molar-refractivity contribution in [1.82, 2.24) is 0 Å². The molecule has 6 heteroatoms. The van der Waals surface area contributed by atoms with Gasteiger partial charge in [0.05, 0.1) is 5.56 Å². The van der Waals surface area contributed by atoms with Crippen molar-refractivity contribution >= 4 is 27.5 Å². The molecule has 0 unspecified atom stereocenters. The largest absolute Gasteiger partial charge is 0.322 e. The van der Waals surface area contributed by atoms with Crippen LogP contribution in [0.25, 0.3) is 0 Å². The lowest BCUT2D eigenvalue weighted by Gasteiger charge is -2.08. The van der Waals surface area contributed by atoms with E-state index in [1.165, 1.54) is 0 Å². The molecule has 0 heterocycles. The van der Waals surface area contributed by atoms with Crippen molar-refractivity contribution in [2.75, 3.05) is 5.32 Å². The summed E-state index contributed by atoms with van der Waals surface area (Å²) >= 11 is 3.29. The Bertz CT molecular complexity index is 688. The van der Waals surface area contributed by atoms with Crippen molar-refractivity contribution in [2.45, 2.75) is 6.92 Å². The molecule has 1 N–H and O–H groups in total. The Morgan fingerprint density at radius 3 is 2.45 bits per heavy atom. The summed E-state index contributed by atoms with van der Waals surface area (Å²) in [4.78, 5) is 11.8. The Morgan fingerprint density at radius 1 is 1.10 bits per heavy atom. The van der Waals surface area contributed by atoms with Gasteiger partial charge in [0.1, 0.15) is 0 Å². The van der Waals surface area contributed by atoms with E-state index in [1.807, 2.05) is 6.92 Å². The highest BCUT2D eigenvalue weighted by Gasteiger charge is 2.18. The van der Waals surface area contributed by atoms with Crippen molar-refractivity contribution in [2.24, 2.45) is 0 Å². The average molecular weight is 344 g/mol. The summed E-state index contributed by atoms with van der Waals surface area (Å²) in [6.07, 6.45) is 0. The molecule has 2 nitrogen and oxygen atoms in total. The highest BCUT2D eigenvalue weighted by molar-refractivity contribution is 9.10. The van der Waals surface area contributed by atoms with Crippen molar-refractivity contribution in [1.29, 1.82) is 0 Å². The molecule has 1 amide bonds. The zero-order valence-electron chi connectivity index (χ0n) is 10.3. The monoisotopic (exact) mass is 343 g/mol. The lowest BCUT2D eigenvalue weighted by atomic mass is 10.1. The molecule has 20 heavy (non-hydrogen) atoms. The first-order chi connectivity index (χ1) is 9.40. The summed E-state index contributed by atoms with van der Waals surface area (Å²) in [6, 6.07) is 6.60. The number of amides is 1. The zero-order chi connectivity index (χ0) is 14.9. The fourth-order valence-corrected chi connectivity index (χ4v) is 1.95. The number of carbonyl (C=O) groups excluding carboxylic acids is 1. The molecule has 2 rings (SSSR count). The van der Waals surface area contributed by atoms with Gasteiger partial charge in [0, 0.05) is 10.2 Å². The first-order valence-corrected chi connectivity index (χ1v) is 6.40. The molecule has 0 fully saturated rings. The quantitative estimate of drug-likeness (QED) is 0.803. The number of hydrogen-bond acceptors (Lipinski definition) is 1. The van der Waals surface area contributed by atoms with E-state index in [0.29, 0.717) is 11.8 Å². The van der Waals surface area contributed by atoms with E-state index in [9.17, 15) is 18.0 Å². The SMILES string of the molecule is Cc1ccc(NC(=O)c2ccc(F)c(F)c2F)cc1Br. The van der Waals surface area contributed by atoms with Crippen molar-refractivity contribution in [3.63, 3.8) is 0 Å². The number of anilines is 1. The molecular formula is C14H9BrF3NO. The number of halogens is 4. The minimum absolute atomic E-state index is 0.414. The van der Waals surface area contributed by atoms with Gasteiger partial charge in [-0.2, -0.15) is 0 Å². The molecule has 0 spiro atoms. The molecule has 0 aromatic heterocycles. The maximum atomic E-state index is 13.5. The third-order valence-electron chi connectivity index (χ3n) is 2.71. The average Bonchev–Trinajstić information content (AvgIpc) is 2.40. The van der Waals surface area contributed by atoms with Crippen molar-refractivity contribution in [3.05, 3.63) is 63.4 Å². The first kappa shape index (κ1) is 14.6. The third-order valence-corrected chi connectivity index (χ3v) is 3.56. The van der Waals surface area contributed by atoms with Gasteiger partial charge < -0.3 is 5.32 Å². The smallest absolute Gasteiger partial charge is 0.258 e. The molecule has 2 aromatic carbocycles. The van der Waals surface area contributed by atoms with Gasteiger partial charge in [-0.05, 0) is 36.8 Å². The van der Waals surface area contributed by atoms with Gasteiger partial charge in [-0.1, -0.05) is 22.0 Å². The number of hydrogen-bond donors (Lipinski definition) is 1. The maximum Gasteiger partial charge on any atom is 0.258 e. The fourth-order valence-electron chi connectivity index (χ4n) is 1.57. The predicted molar refractivity (Wildman–Crippen MR) is 73.1 cm³/mol. The molecular weight excluding hydrogens is 335 g/mol. The van der Waals surface area contributed by atoms with Gasteiger partial charge in [0.25, 0.3) is 5.91 Å². The van der Waals surface area contributed by atoms with Gasteiger partial charge in [-0.3, -0.25) is 4.79 Å². The van der Waals surface area contributed by atoms with E-state index in [1.54, 1.807) is 18.2 Å². The number of benzene rings is 2. The van der Waals surface area contributed by atoms with Crippen LogP contribution in [0.5, 0.6) is 0 Å². The molecule has 0 aliphatic carbocycles. The molecule has 0 radical (unpaired) electrons. The lowest BCUT2D eigenvalue weighted by Crippen LogP contribution is -2.15. The Labute approximate surface area is 121 Å². The maximum absolute atomic E-state index is 13.5. The van der Waals surface area contributed by atoms with E-state index in [4.69, 9.17) is 0 Å². The van der Waals surface area contributed by atoms with Crippen molar-refractivity contribution in [3.8, 4) is 0 Å². The topological polar surface area (TPSA) is 29.1 Å². The van der Waals surface area contributed by atoms with E-state index in [-0.39, 0.29) is 0 Å². The molecule has 0 aliphatic rings.